The number of benzene rings is 2. The minimum absolute atomic E-state index is 0.132. The number of carbonyl (C=O) groups is 2. The van der Waals surface area contributed by atoms with Crippen molar-refractivity contribution in [1.29, 1.82) is 0 Å². The van der Waals surface area contributed by atoms with Crippen LogP contribution in [0.15, 0.2) is 60.7 Å². The molecule has 0 unspecified atom stereocenters. The average Bonchev–Trinajstić information content (AvgIpc) is 3.33. The van der Waals surface area contributed by atoms with Gasteiger partial charge in [-0.15, -0.1) is 11.3 Å². The van der Waals surface area contributed by atoms with Crippen molar-refractivity contribution in [3.63, 3.8) is 0 Å². The zero-order valence-electron chi connectivity index (χ0n) is 16.9. The summed E-state index contributed by atoms with van der Waals surface area (Å²) in [6.45, 7) is -0.132. The molecule has 2 amide bonds. The van der Waals surface area contributed by atoms with Gasteiger partial charge in [0.1, 0.15) is 10.6 Å². The summed E-state index contributed by atoms with van der Waals surface area (Å²) in [7, 11) is 3.88. The second kappa shape index (κ2) is 9.15. The van der Waals surface area contributed by atoms with Gasteiger partial charge in [0.25, 0.3) is 11.8 Å². The molecule has 0 atom stereocenters. The number of ether oxygens (including phenoxy) is 1. The first-order valence-corrected chi connectivity index (χ1v) is 11.1. The van der Waals surface area contributed by atoms with Crippen molar-refractivity contribution < 1.29 is 14.3 Å². The average molecular weight is 453 g/mol. The fraction of sp³-hybridized carbons (Fsp3) is 0.136. The van der Waals surface area contributed by atoms with Crippen molar-refractivity contribution >= 4 is 60.5 Å². The molecule has 0 bridgehead atoms. The van der Waals surface area contributed by atoms with Gasteiger partial charge >= 0.3 is 0 Å². The third kappa shape index (κ3) is 5.19. The molecule has 0 aliphatic carbocycles. The van der Waals surface area contributed by atoms with Gasteiger partial charge < -0.3 is 20.3 Å². The van der Waals surface area contributed by atoms with Crippen LogP contribution in [0.2, 0.25) is 0 Å². The van der Waals surface area contributed by atoms with Gasteiger partial charge in [-0.2, -0.15) is 0 Å². The van der Waals surface area contributed by atoms with Crippen LogP contribution in [0.1, 0.15) is 9.67 Å². The third-order valence-electron chi connectivity index (χ3n) is 4.20. The maximum Gasteiger partial charge on any atom is 0.265 e. The molecule has 4 aromatic rings. The molecule has 0 saturated heterocycles. The molecule has 0 spiro atoms. The summed E-state index contributed by atoms with van der Waals surface area (Å²) in [4.78, 5) is 32.6. The van der Waals surface area contributed by atoms with Crippen molar-refractivity contribution in [2.75, 3.05) is 36.2 Å². The fourth-order valence-electron chi connectivity index (χ4n) is 2.75. The largest absolute Gasteiger partial charge is 0.484 e. The van der Waals surface area contributed by atoms with E-state index in [2.05, 4.69) is 15.6 Å². The first-order chi connectivity index (χ1) is 15.0. The minimum Gasteiger partial charge on any atom is -0.484 e. The molecule has 2 aromatic carbocycles. The van der Waals surface area contributed by atoms with Crippen molar-refractivity contribution in [2.24, 2.45) is 0 Å². The second-order valence-electron chi connectivity index (χ2n) is 6.86. The fourth-order valence-corrected chi connectivity index (χ4v) is 4.78. The summed E-state index contributed by atoms with van der Waals surface area (Å²) < 4.78 is 6.55. The minimum atomic E-state index is -0.260. The topological polar surface area (TPSA) is 83.6 Å². The third-order valence-corrected chi connectivity index (χ3v) is 6.53. The van der Waals surface area contributed by atoms with Gasteiger partial charge in [0.05, 0.1) is 9.58 Å². The van der Waals surface area contributed by atoms with Crippen LogP contribution in [-0.4, -0.2) is 37.5 Å². The van der Waals surface area contributed by atoms with Crippen LogP contribution in [0, 0.1) is 0 Å². The summed E-state index contributed by atoms with van der Waals surface area (Å²) in [5, 5.41) is 6.54. The van der Waals surface area contributed by atoms with E-state index in [0.29, 0.717) is 22.0 Å². The van der Waals surface area contributed by atoms with Gasteiger partial charge in [0.15, 0.2) is 11.7 Å². The predicted octanol–water partition coefficient (Wildman–Crippen LogP) is 4.69. The molecule has 158 valence electrons. The molecule has 0 fully saturated rings. The summed E-state index contributed by atoms with van der Waals surface area (Å²) in [5.74, 6) is 0.0231. The Kier molecular flexibility index (Phi) is 6.15. The molecule has 31 heavy (non-hydrogen) atoms. The SMILES string of the molecule is CN(C)c1nc2sc(C(=O)Nc3cccc(OCC(=O)Nc4ccccc4)c3)cc2s1. The standard InChI is InChI=1S/C22H20N4O3S2/c1-26(2)22-25-21-18(31-22)12-17(30-21)20(28)24-15-9-6-10-16(11-15)29-13-19(27)23-14-7-4-3-5-8-14/h3-12H,13H2,1-2H3,(H,23,27)(H,24,28). The van der Waals surface area contributed by atoms with Crippen LogP contribution in [0.25, 0.3) is 9.53 Å². The highest BCUT2D eigenvalue weighted by Gasteiger charge is 2.15. The predicted molar refractivity (Wildman–Crippen MR) is 127 cm³/mol. The molecule has 0 saturated carbocycles. The Morgan fingerprint density at radius 2 is 1.74 bits per heavy atom. The van der Waals surface area contributed by atoms with Crippen LogP contribution in [-0.2, 0) is 4.79 Å². The Morgan fingerprint density at radius 3 is 2.48 bits per heavy atom. The van der Waals surface area contributed by atoms with Gasteiger partial charge in [0, 0.05) is 31.5 Å². The lowest BCUT2D eigenvalue weighted by Gasteiger charge is -2.09. The number of nitrogens with zero attached hydrogens (tertiary/aromatic N) is 2. The molecular formula is C22H20N4O3S2. The molecule has 0 aliphatic rings. The van der Waals surface area contributed by atoms with Gasteiger partial charge in [-0.3, -0.25) is 9.59 Å². The molecule has 2 N–H and O–H groups in total. The molecule has 4 rings (SSSR count). The summed E-state index contributed by atoms with van der Waals surface area (Å²) in [6.07, 6.45) is 0. The zero-order valence-corrected chi connectivity index (χ0v) is 18.5. The summed E-state index contributed by atoms with van der Waals surface area (Å²) in [6, 6.07) is 18.0. The Bertz CT molecular complexity index is 1190. The number of hydrogen-bond acceptors (Lipinski definition) is 7. The van der Waals surface area contributed by atoms with Gasteiger partial charge in [0.2, 0.25) is 0 Å². The van der Waals surface area contributed by atoms with Crippen LogP contribution in [0.4, 0.5) is 16.5 Å². The number of amides is 2. The summed E-state index contributed by atoms with van der Waals surface area (Å²) in [5.41, 5.74) is 1.30. The number of anilines is 3. The molecule has 0 radical (unpaired) electrons. The second-order valence-corrected chi connectivity index (χ2v) is 8.90. The van der Waals surface area contributed by atoms with E-state index in [4.69, 9.17) is 4.74 Å². The highest BCUT2D eigenvalue weighted by atomic mass is 32.1. The molecular weight excluding hydrogens is 432 g/mol. The van der Waals surface area contributed by atoms with E-state index in [9.17, 15) is 9.59 Å². The van der Waals surface area contributed by atoms with E-state index < -0.39 is 0 Å². The number of fused-ring (bicyclic) bond motifs is 1. The number of aromatic nitrogens is 1. The highest BCUT2D eigenvalue weighted by molar-refractivity contribution is 7.29. The van der Waals surface area contributed by atoms with E-state index in [1.54, 1.807) is 47.7 Å². The lowest BCUT2D eigenvalue weighted by Crippen LogP contribution is -2.20. The highest BCUT2D eigenvalue weighted by Crippen LogP contribution is 2.34. The number of rotatable bonds is 7. The van der Waals surface area contributed by atoms with E-state index in [1.807, 2.05) is 43.3 Å². The van der Waals surface area contributed by atoms with Crippen molar-refractivity contribution in [1.82, 2.24) is 4.98 Å². The van der Waals surface area contributed by atoms with Crippen LogP contribution in [0.3, 0.4) is 0 Å². The van der Waals surface area contributed by atoms with E-state index >= 15 is 0 Å². The Hall–Kier alpha value is -3.43. The van der Waals surface area contributed by atoms with Crippen LogP contribution in [0.5, 0.6) is 5.75 Å². The summed E-state index contributed by atoms with van der Waals surface area (Å²) >= 11 is 2.91. The normalized spacial score (nSPS) is 10.6. The first-order valence-electron chi connectivity index (χ1n) is 9.45. The Morgan fingerprint density at radius 1 is 0.968 bits per heavy atom. The molecule has 0 aliphatic heterocycles. The van der Waals surface area contributed by atoms with Gasteiger partial charge in [-0.1, -0.05) is 35.6 Å². The number of hydrogen-bond donors (Lipinski definition) is 2. The quantitative estimate of drug-likeness (QED) is 0.425. The molecule has 2 aromatic heterocycles. The van der Waals surface area contributed by atoms with Crippen molar-refractivity contribution in [3.8, 4) is 5.75 Å². The number of thiophene rings is 1. The number of nitrogens with one attached hydrogen (secondary N) is 2. The first kappa shape index (κ1) is 20.8. The Labute approximate surface area is 187 Å². The van der Waals surface area contributed by atoms with E-state index in [1.165, 1.54) is 11.3 Å². The lowest BCUT2D eigenvalue weighted by molar-refractivity contribution is -0.118. The number of para-hydroxylation sites is 1. The van der Waals surface area contributed by atoms with Crippen molar-refractivity contribution in [3.05, 3.63) is 65.5 Å². The Balaban J connectivity index is 1.36. The zero-order chi connectivity index (χ0) is 21.8. The lowest BCUT2D eigenvalue weighted by atomic mass is 10.3. The van der Waals surface area contributed by atoms with Crippen LogP contribution < -0.4 is 20.3 Å². The monoisotopic (exact) mass is 452 g/mol. The molecule has 2 heterocycles. The number of carbonyl (C=O) groups excluding carboxylic acids is 2. The molecule has 7 nitrogen and oxygen atoms in total. The van der Waals surface area contributed by atoms with Crippen molar-refractivity contribution in [2.45, 2.75) is 0 Å². The van der Waals surface area contributed by atoms with Gasteiger partial charge in [-0.25, -0.2) is 4.98 Å². The van der Waals surface area contributed by atoms with Gasteiger partial charge in [-0.05, 0) is 30.3 Å². The maximum atomic E-state index is 12.6. The van der Waals surface area contributed by atoms with Crippen LogP contribution >= 0.6 is 22.7 Å². The number of thiazole rings is 1. The smallest absolute Gasteiger partial charge is 0.265 e. The van der Waals surface area contributed by atoms with E-state index in [0.717, 1.165) is 14.7 Å². The molecule has 9 heteroatoms. The van der Waals surface area contributed by atoms with E-state index in [-0.39, 0.29) is 18.4 Å². The maximum absolute atomic E-state index is 12.6.